The predicted octanol–water partition coefficient (Wildman–Crippen LogP) is 3.06. The van der Waals surface area contributed by atoms with Crippen LogP contribution < -0.4 is 19.1 Å². The minimum Gasteiger partial charge on any atom is -0.493 e. The third-order valence-corrected chi connectivity index (χ3v) is 6.55. The van der Waals surface area contributed by atoms with Crippen LogP contribution in [0.2, 0.25) is 0 Å². The minimum absolute atomic E-state index is 0.0318. The molecule has 0 aliphatic carbocycles. The number of rotatable bonds is 6. The Kier molecular flexibility index (Phi) is 5.79. The number of hydrogen-bond donors (Lipinski definition) is 1. The largest absolute Gasteiger partial charge is 0.493 e. The number of ether oxygens (including phenoxy) is 2. The van der Waals surface area contributed by atoms with Gasteiger partial charge in [0, 0.05) is 12.2 Å². The molecule has 1 aliphatic heterocycles. The van der Waals surface area contributed by atoms with E-state index in [0.29, 0.717) is 35.0 Å². The number of carbonyl (C=O) groups is 1. The van der Waals surface area contributed by atoms with Gasteiger partial charge in [-0.3, -0.25) is 9.10 Å². The first kappa shape index (κ1) is 20.0. The number of para-hydroxylation sites is 1. The summed E-state index contributed by atoms with van der Waals surface area (Å²) in [6.45, 7) is 2.08. The summed E-state index contributed by atoms with van der Waals surface area (Å²) in [5.41, 5.74) is 2.44. The zero-order valence-electron chi connectivity index (χ0n) is 16.2. The van der Waals surface area contributed by atoms with E-state index in [1.54, 1.807) is 37.3 Å². The van der Waals surface area contributed by atoms with Crippen LogP contribution in [0.5, 0.6) is 11.5 Å². The van der Waals surface area contributed by atoms with E-state index in [9.17, 15) is 13.2 Å². The predicted molar refractivity (Wildman–Crippen MR) is 109 cm³/mol. The van der Waals surface area contributed by atoms with Gasteiger partial charge in [-0.2, -0.15) is 0 Å². The molecule has 2 aromatic rings. The highest BCUT2D eigenvalue weighted by molar-refractivity contribution is 7.92. The fraction of sp³-hybridized carbons (Fsp3) is 0.350. The summed E-state index contributed by atoms with van der Waals surface area (Å²) < 4.78 is 36.9. The van der Waals surface area contributed by atoms with Gasteiger partial charge in [-0.1, -0.05) is 12.1 Å². The van der Waals surface area contributed by atoms with Crippen LogP contribution in [0.4, 0.5) is 11.4 Å². The molecule has 3 rings (SSSR count). The van der Waals surface area contributed by atoms with Crippen molar-refractivity contribution in [3.63, 3.8) is 0 Å². The molecule has 1 N–H and O–H groups in total. The van der Waals surface area contributed by atoms with Gasteiger partial charge in [0.15, 0.2) is 11.5 Å². The SMILES string of the molecule is CCS(=O)(=O)N1CCCc2ccc(NC(=O)c3cccc(OC)c3OC)cc21. The number of nitrogens with one attached hydrogen (secondary N) is 1. The first-order valence-corrected chi connectivity index (χ1v) is 10.7. The smallest absolute Gasteiger partial charge is 0.259 e. The fourth-order valence-electron chi connectivity index (χ4n) is 3.33. The number of carbonyl (C=O) groups excluding carboxylic acids is 1. The first-order valence-electron chi connectivity index (χ1n) is 9.07. The second-order valence-corrected chi connectivity index (χ2v) is 8.60. The molecule has 150 valence electrons. The second-order valence-electron chi connectivity index (χ2n) is 6.41. The Labute approximate surface area is 165 Å². The Morgan fingerprint density at radius 3 is 2.64 bits per heavy atom. The van der Waals surface area contributed by atoms with E-state index in [4.69, 9.17) is 9.47 Å². The topological polar surface area (TPSA) is 84.9 Å². The summed E-state index contributed by atoms with van der Waals surface area (Å²) in [5, 5.41) is 2.83. The number of nitrogens with zero attached hydrogens (tertiary/aromatic N) is 1. The number of fused-ring (bicyclic) bond motifs is 1. The van der Waals surface area contributed by atoms with Gasteiger partial charge in [-0.05, 0) is 49.6 Å². The number of anilines is 2. The molecule has 0 saturated carbocycles. The molecule has 1 amide bonds. The molecule has 0 atom stereocenters. The van der Waals surface area contributed by atoms with Crippen LogP contribution in [0.25, 0.3) is 0 Å². The van der Waals surface area contributed by atoms with Gasteiger partial charge >= 0.3 is 0 Å². The van der Waals surface area contributed by atoms with E-state index in [1.165, 1.54) is 18.5 Å². The normalized spacial score (nSPS) is 13.6. The van der Waals surface area contributed by atoms with Crippen molar-refractivity contribution >= 4 is 27.3 Å². The molecule has 0 fully saturated rings. The highest BCUT2D eigenvalue weighted by Crippen LogP contribution is 2.34. The molecular weight excluding hydrogens is 380 g/mol. The Balaban J connectivity index is 1.93. The number of amides is 1. The maximum atomic E-state index is 12.8. The molecule has 0 spiro atoms. The molecule has 0 unspecified atom stereocenters. The van der Waals surface area contributed by atoms with E-state index in [2.05, 4.69) is 5.32 Å². The summed E-state index contributed by atoms with van der Waals surface area (Å²) in [5.74, 6) is 0.470. The fourth-order valence-corrected chi connectivity index (χ4v) is 4.52. The van der Waals surface area contributed by atoms with Gasteiger partial charge in [-0.25, -0.2) is 8.42 Å². The Bertz CT molecular complexity index is 988. The summed E-state index contributed by atoms with van der Waals surface area (Å²) in [4.78, 5) is 12.8. The number of aryl methyl sites for hydroxylation is 1. The van der Waals surface area contributed by atoms with E-state index in [1.807, 2.05) is 6.07 Å². The van der Waals surface area contributed by atoms with Crippen molar-refractivity contribution in [1.29, 1.82) is 0 Å². The second kappa shape index (κ2) is 8.10. The van der Waals surface area contributed by atoms with Crippen molar-refractivity contribution in [3.05, 3.63) is 47.5 Å². The zero-order valence-corrected chi connectivity index (χ0v) is 17.0. The van der Waals surface area contributed by atoms with Gasteiger partial charge in [0.2, 0.25) is 10.0 Å². The molecule has 0 saturated heterocycles. The monoisotopic (exact) mass is 404 g/mol. The molecule has 0 aromatic heterocycles. The Morgan fingerprint density at radius 1 is 1.18 bits per heavy atom. The number of hydrogen-bond acceptors (Lipinski definition) is 5. The van der Waals surface area contributed by atoms with Crippen molar-refractivity contribution in [2.45, 2.75) is 19.8 Å². The van der Waals surface area contributed by atoms with Gasteiger partial charge in [0.05, 0.1) is 31.2 Å². The van der Waals surface area contributed by atoms with E-state index >= 15 is 0 Å². The Morgan fingerprint density at radius 2 is 1.96 bits per heavy atom. The molecule has 1 aliphatic rings. The van der Waals surface area contributed by atoms with E-state index in [0.717, 1.165) is 18.4 Å². The van der Waals surface area contributed by atoms with Gasteiger partial charge in [0.1, 0.15) is 0 Å². The average Bonchev–Trinajstić information content (AvgIpc) is 2.72. The zero-order chi connectivity index (χ0) is 20.3. The maximum Gasteiger partial charge on any atom is 0.259 e. The summed E-state index contributed by atoms with van der Waals surface area (Å²) in [7, 11) is -0.389. The molecule has 0 bridgehead atoms. The van der Waals surface area contributed by atoms with Crippen LogP contribution in [-0.4, -0.2) is 40.8 Å². The van der Waals surface area contributed by atoms with Crippen molar-refractivity contribution in [3.8, 4) is 11.5 Å². The van der Waals surface area contributed by atoms with Crippen LogP contribution in [0.1, 0.15) is 29.3 Å². The van der Waals surface area contributed by atoms with Crippen molar-refractivity contribution in [1.82, 2.24) is 0 Å². The third kappa shape index (κ3) is 3.77. The first-order chi connectivity index (χ1) is 13.4. The summed E-state index contributed by atoms with van der Waals surface area (Å²) in [6, 6.07) is 10.4. The van der Waals surface area contributed by atoms with Crippen LogP contribution in [0.15, 0.2) is 36.4 Å². The van der Waals surface area contributed by atoms with Crippen molar-refractivity contribution in [2.75, 3.05) is 36.1 Å². The molecule has 2 aromatic carbocycles. The number of methoxy groups -OCH3 is 2. The van der Waals surface area contributed by atoms with E-state index < -0.39 is 10.0 Å². The lowest BCUT2D eigenvalue weighted by Gasteiger charge is -2.30. The van der Waals surface area contributed by atoms with Crippen molar-refractivity contribution < 1.29 is 22.7 Å². The Hall–Kier alpha value is -2.74. The lowest BCUT2D eigenvalue weighted by molar-refractivity contribution is 0.102. The quantitative estimate of drug-likeness (QED) is 0.800. The lowest BCUT2D eigenvalue weighted by Crippen LogP contribution is -2.36. The molecule has 0 radical (unpaired) electrons. The van der Waals surface area contributed by atoms with Gasteiger partial charge < -0.3 is 14.8 Å². The summed E-state index contributed by atoms with van der Waals surface area (Å²) >= 11 is 0. The molecule has 28 heavy (non-hydrogen) atoms. The maximum absolute atomic E-state index is 12.8. The lowest BCUT2D eigenvalue weighted by atomic mass is 10.0. The van der Waals surface area contributed by atoms with Gasteiger partial charge in [-0.15, -0.1) is 0 Å². The van der Waals surface area contributed by atoms with Crippen LogP contribution in [0, 0.1) is 0 Å². The van der Waals surface area contributed by atoms with Gasteiger partial charge in [0.25, 0.3) is 5.91 Å². The minimum atomic E-state index is -3.37. The van der Waals surface area contributed by atoms with Crippen LogP contribution in [-0.2, 0) is 16.4 Å². The van der Waals surface area contributed by atoms with Crippen molar-refractivity contribution in [2.24, 2.45) is 0 Å². The average molecular weight is 404 g/mol. The molecule has 1 heterocycles. The third-order valence-electron chi connectivity index (χ3n) is 4.77. The van der Waals surface area contributed by atoms with Crippen LogP contribution >= 0.6 is 0 Å². The highest BCUT2D eigenvalue weighted by atomic mass is 32.2. The number of sulfonamides is 1. The highest BCUT2D eigenvalue weighted by Gasteiger charge is 2.26. The van der Waals surface area contributed by atoms with Crippen LogP contribution in [0.3, 0.4) is 0 Å². The standard InChI is InChI=1S/C20H24N2O5S/c1-4-28(24,25)22-12-6-7-14-10-11-15(13-17(14)22)21-20(23)16-8-5-9-18(26-2)19(16)27-3/h5,8-11,13H,4,6-7,12H2,1-3H3,(H,21,23). The molecular formula is C20H24N2O5S. The summed E-state index contributed by atoms with van der Waals surface area (Å²) in [6.07, 6.45) is 1.59. The van der Waals surface area contributed by atoms with E-state index in [-0.39, 0.29) is 11.7 Å². The number of benzene rings is 2. The molecule has 8 heteroatoms. The molecule has 7 nitrogen and oxygen atoms in total.